The van der Waals surface area contributed by atoms with Crippen molar-refractivity contribution < 1.29 is 4.79 Å². The van der Waals surface area contributed by atoms with Gasteiger partial charge in [0.1, 0.15) is 0 Å². The zero-order valence-corrected chi connectivity index (χ0v) is 10.1. The number of aromatic amines is 1. The molecule has 0 aliphatic heterocycles. The molecule has 2 rings (SSSR count). The first-order valence-electron chi connectivity index (χ1n) is 5.05. The number of carbonyl (C=O) groups excluding carboxylic acids is 1. The molecule has 0 unspecified atom stereocenters. The van der Waals surface area contributed by atoms with Crippen molar-refractivity contribution in [3.05, 3.63) is 29.8 Å². The molecule has 0 saturated heterocycles. The zero-order chi connectivity index (χ0) is 12.3. The van der Waals surface area contributed by atoms with Gasteiger partial charge in [0.05, 0.1) is 5.75 Å². The Hall–Kier alpha value is -1.82. The lowest BCUT2D eigenvalue weighted by Gasteiger charge is -1.96. The molecule has 1 aromatic carbocycles. The minimum Gasteiger partial charge on any atom is -0.369 e. The summed E-state index contributed by atoms with van der Waals surface area (Å²) in [6, 6.07) is 7.95. The Morgan fingerprint density at radius 2 is 2.35 bits per heavy atom. The van der Waals surface area contributed by atoms with Crippen LogP contribution in [0.3, 0.4) is 0 Å². The van der Waals surface area contributed by atoms with Gasteiger partial charge in [-0.2, -0.15) is 0 Å². The van der Waals surface area contributed by atoms with Crippen molar-refractivity contribution >= 4 is 17.7 Å². The second-order valence-electron chi connectivity index (χ2n) is 3.59. The van der Waals surface area contributed by atoms with Gasteiger partial charge in [0, 0.05) is 5.56 Å². The van der Waals surface area contributed by atoms with Gasteiger partial charge in [0.15, 0.2) is 5.82 Å². The van der Waals surface area contributed by atoms with Crippen molar-refractivity contribution in [1.82, 2.24) is 15.2 Å². The van der Waals surface area contributed by atoms with Crippen LogP contribution in [0.25, 0.3) is 11.4 Å². The van der Waals surface area contributed by atoms with Gasteiger partial charge in [-0.05, 0) is 13.0 Å². The van der Waals surface area contributed by atoms with Crippen molar-refractivity contribution in [3.8, 4) is 11.4 Å². The highest BCUT2D eigenvalue weighted by Gasteiger charge is 2.07. The van der Waals surface area contributed by atoms with Crippen LogP contribution in [0.15, 0.2) is 29.4 Å². The predicted molar refractivity (Wildman–Crippen MR) is 66.5 cm³/mol. The average molecular weight is 248 g/mol. The largest absolute Gasteiger partial charge is 0.369 e. The van der Waals surface area contributed by atoms with E-state index < -0.39 is 0 Å². The highest BCUT2D eigenvalue weighted by molar-refractivity contribution is 7.99. The summed E-state index contributed by atoms with van der Waals surface area (Å²) in [6.45, 7) is 2.02. The van der Waals surface area contributed by atoms with Gasteiger partial charge in [0.2, 0.25) is 11.1 Å². The first-order valence-corrected chi connectivity index (χ1v) is 6.04. The topological polar surface area (TPSA) is 84.7 Å². The molecule has 0 aliphatic carbocycles. The van der Waals surface area contributed by atoms with Gasteiger partial charge in [-0.25, -0.2) is 4.98 Å². The molecular weight excluding hydrogens is 236 g/mol. The fraction of sp³-hybridized carbons (Fsp3) is 0.182. The standard InChI is InChI=1S/C11H12N4OS/c1-7-3-2-4-8(5-7)10-13-11(15-14-10)17-6-9(12)16/h2-5H,6H2,1H3,(H2,12,16)(H,13,14,15). The Morgan fingerprint density at radius 1 is 1.53 bits per heavy atom. The van der Waals surface area contributed by atoms with Crippen LogP contribution in [0, 0.1) is 6.92 Å². The minimum absolute atomic E-state index is 0.186. The third-order valence-electron chi connectivity index (χ3n) is 2.10. The number of primary amides is 1. The molecule has 0 fully saturated rings. The lowest BCUT2D eigenvalue weighted by atomic mass is 10.1. The Kier molecular flexibility index (Phi) is 3.43. The van der Waals surface area contributed by atoms with Crippen LogP contribution in [0.2, 0.25) is 0 Å². The number of H-pyrrole nitrogens is 1. The summed E-state index contributed by atoms with van der Waals surface area (Å²) in [4.78, 5) is 14.9. The van der Waals surface area contributed by atoms with Gasteiger partial charge in [-0.15, -0.1) is 5.10 Å². The molecule has 0 aliphatic rings. The second kappa shape index (κ2) is 5.01. The van der Waals surface area contributed by atoms with E-state index in [0.717, 1.165) is 11.1 Å². The molecule has 0 bridgehead atoms. The van der Waals surface area contributed by atoms with Crippen molar-refractivity contribution in [1.29, 1.82) is 0 Å². The number of hydrogen-bond acceptors (Lipinski definition) is 4. The molecule has 1 heterocycles. The molecule has 0 radical (unpaired) electrons. The van der Waals surface area contributed by atoms with E-state index in [9.17, 15) is 4.79 Å². The number of rotatable bonds is 4. The normalized spacial score (nSPS) is 10.4. The molecule has 3 N–H and O–H groups in total. The van der Waals surface area contributed by atoms with Crippen LogP contribution in [-0.2, 0) is 4.79 Å². The average Bonchev–Trinajstić information content (AvgIpc) is 2.75. The van der Waals surface area contributed by atoms with Gasteiger partial charge < -0.3 is 5.73 Å². The monoisotopic (exact) mass is 248 g/mol. The van der Waals surface area contributed by atoms with Gasteiger partial charge in [0.25, 0.3) is 0 Å². The number of thioether (sulfide) groups is 1. The number of nitrogens with one attached hydrogen (secondary N) is 1. The lowest BCUT2D eigenvalue weighted by Crippen LogP contribution is -2.13. The quantitative estimate of drug-likeness (QED) is 0.800. The van der Waals surface area contributed by atoms with E-state index in [4.69, 9.17) is 5.73 Å². The summed E-state index contributed by atoms with van der Waals surface area (Å²) in [7, 11) is 0. The highest BCUT2D eigenvalue weighted by Crippen LogP contribution is 2.19. The number of aryl methyl sites for hydroxylation is 1. The van der Waals surface area contributed by atoms with Crippen LogP contribution in [0.1, 0.15) is 5.56 Å². The minimum atomic E-state index is -0.378. The number of carbonyl (C=O) groups is 1. The van der Waals surface area contributed by atoms with E-state index in [1.165, 1.54) is 11.8 Å². The fourth-order valence-corrected chi connectivity index (χ4v) is 1.91. The van der Waals surface area contributed by atoms with Crippen LogP contribution in [0.4, 0.5) is 0 Å². The number of aromatic nitrogens is 3. The maximum absolute atomic E-state index is 10.6. The second-order valence-corrected chi connectivity index (χ2v) is 4.53. The summed E-state index contributed by atoms with van der Waals surface area (Å²) >= 11 is 1.22. The number of amides is 1. The van der Waals surface area contributed by atoms with E-state index >= 15 is 0 Å². The van der Waals surface area contributed by atoms with Crippen molar-refractivity contribution in [3.63, 3.8) is 0 Å². The number of hydrogen-bond donors (Lipinski definition) is 2. The van der Waals surface area contributed by atoms with E-state index in [1.54, 1.807) is 0 Å². The number of nitrogens with two attached hydrogens (primary N) is 1. The highest BCUT2D eigenvalue weighted by atomic mass is 32.2. The van der Waals surface area contributed by atoms with Crippen molar-refractivity contribution in [2.24, 2.45) is 5.73 Å². The maximum atomic E-state index is 10.6. The first-order chi connectivity index (χ1) is 8.15. The van der Waals surface area contributed by atoms with Crippen molar-refractivity contribution in [2.75, 3.05) is 5.75 Å². The maximum Gasteiger partial charge on any atom is 0.227 e. The zero-order valence-electron chi connectivity index (χ0n) is 9.30. The van der Waals surface area contributed by atoms with Crippen LogP contribution in [-0.4, -0.2) is 26.8 Å². The first kappa shape index (κ1) is 11.7. The van der Waals surface area contributed by atoms with Crippen LogP contribution < -0.4 is 5.73 Å². The van der Waals surface area contributed by atoms with E-state index in [2.05, 4.69) is 15.2 Å². The van der Waals surface area contributed by atoms with Gasteiger partial charge >= 0.3 is 0 Å². The van der Waals surface area contributed by atoms with E-state index in [1.807, 2.05) is 31.2 Å². The van der Waals surface area contributed by atoms with Crippen molar-refractivity contribution in [2.45, 2.75) is 12.1 Å². The third kappa shape index (κ3) is 3.07. The Morgan fingerprint density at radius 3 is 3.06 bits per heavy atom. The molecule has 0 atom stereocenters. The van der Waals surface area contributed by atoms with E-state index in [-0.39, 0.29) is 11.7 Å². The fourth-order valence-electron chi connectivity index (χ4n) is 1.37. The molecule has 6 heteroatoms. The molecule has 17 heavy (non-hydrogen) atoms. The summed E-state index contributed by atoms with van der Waals surface area (Å²) in [5.41, 5.74) is 7.19. The van der Waals surface area contributed by atoms with E-state index in [0.29, 0.717) is 11.0 Å². The lowest BCUT2D eigenvalue weighted by molar-refractivity contribution is -0.115. The van der Waals surface area contributed by atoms with Gasteiger partial charge in [-0.3, -0.25) is 9.89 Å². The molecule has 88 valence electrons. The number of benzene rings is 1. The smallest absolute Gasteiger partial charge is 0.227 e. The SMILES string of the molecule is Cc1cccc(-c2nc(SCC(N)=O)n[nH]2)c1. The Labute approximate surface area is 103 Å². The van der Waals surface area contributed by atoms with Gasteiger partial charge in [-0.1, -0.05) is 35.5 Å². The Balaban J connectivity index is 2.15. The summed E-state index contributed by atoms with van der Waals surface area (Å²) in [5, 5.41) is 7.38. The predicted octanol–water partition coefficient (Wildman–Crippen LogP) is 1.36. The summed E-state index contributed by atoms with van der Waals surface area (Å²) < 4.78 is 0. The molecule has 0 spiro atoms. The molecule has 2 aromatic rings. The summed E-state index contributed by atoms with van der Waals surface area (Å²) in [5.74, 6) is 0.503. The molecule has 1 aromatic heterocycles. The molecule has 1 amide bonds. The summed E-state index contributed by atoms with van der Waals surface area (Å²) in [6.07, 6.45) is 0. The molecule has 0 saturated carbocycles. The number of nitrogens with zero attached hydrogens (tertiary/aromatic N) is 2. The van der Waals surface area contributed by atoms with Crippen LogP contribution >= 0.6 is 11.8 Å². The molecular formula is C11H12N4OS. The Bertz CT molecular complexity index is 538. The third-order valence-corrected chi connectivity index (χ3v) is 2.97. The molecule has 5 nitrogen and oxygen atoms in total. The van der Waals surface area contributed by atoms with Crippen LogP contribution in [0.5, 0.6) is 0 Å².